The first kappa shape index (κ1) is 15.1. The van der Waals surface area contributed by atoms with E-state index in [-0.39, 0.29) is 5.92 Å². The second-order valence-corrected chi connectivity index (χ2v) is 6.54. The number of carbonyl (C=O) groups excluding carboxylic acids is 1. The van der Waals surface area contributed by atoms with E-state index < -0.39 is 0 Å². The molecule has 0 bridgehead atoms. The van der Waals surface area contributed by atoms with Gasteiger partial charge in [0.15, 0.2) is 5.82 Å². The van der Waals surface area contributed by atoms with Gasteiger partial charge in [-0.05, 0) is 42.5 Å². The smallest absolute Gasteiger partial charge is 0.230 e. The molecule has 5 nitrogen and oxygen atoms in total. The first-order valence-electron chi connectivity index (χ1n) is 8.72. The van der Waals surface area contributed by atoms with E-state index in [4.69, 9.17) is 0 Å². The Morgan fingerprint density at radius 3 is 2.83 bits per heavy atom. The van der Waals surface area contributed by atoms with Gasteiger partial charge in [-0.1, -0.05) is 24.3 Å². The average molecular weight is 322 g/mol. The van der Waals surface area contributed by atoms with Crippen LogP contribution in [-0.4, -0.2) is 47.2 Å². The summed E-state index contributed by atoms with van der Waals surface area (Å²) in [4.78, 5) is 17.3. The first-order valence-corrected chi connectivity index (χ1v) is 8.72. The van der Waals surface area contributed by atoms with Crippen molar-refractivity contribution >= 4 is 11.7 Å². The zero-order valence-corrected chi connectivity index (χ0v) is 13.8. The number of carbonyl (C=O) groups is 1. The maximum atomic E-state index is 13.0. The number of hydrogen-bond acceptors (Lipinski definition) is 4. The second-order valence-electron chi connectivity index (χ2n) is 6.54. The topological polar surface area (TPSA) is 49.3 Å². The Kier molecular flexibility index (Phi) is 4.15. The molecule has 1 fully saturated rings. The number of aromatic nitrogens is 2. The Morgan fingerprint density at radius 2 is 1.96 bits per heavy atom. The minimum atomic E-state index is 0.0456. The fraction of sp³-hybridized carbons (Fsp3) is 0.421. The van der Waals surface area contributed by atoms with E-state index in [9.17, 15) is 4.79 Å². The van der Waals surface area contributed by atoms with Crippen LogP contribution in [0.1, 0.15) is 29.9 Å². The first-order chi connectivity index (χ1) is 11.8. The molecule has 0 spiro atoms. The summed E-state index contributed by atoms with van der Waals surface area (Å²) in [6.45, 7) is 3.32. The molecule has 1 saturated heterocycles. The number of amides is 1. The highest BCUT2D eigenvalue weighted by Crippen LogP contribution is 2.34. The molecule has 1 amide bonds. The number of benzene rings is 1. The lowest BCUT2D eigenvalue weighted by molar-refractivity contribution is -0.132. The number of aryl methyl sites for hydroxylation is 1. The molecular weight excluding hydrogens is 300 g/mol. The summed E-state index contributed by atoms with van der Waals surface area (Å²) in [5.41, 5.74) is 2.57. The Morgan fingerprint density at radius 1 is 1.04 bits per heavy atom. The van der Waals surface area contributed by atoms with E-state index in [1.165, 1.54) is 11.1 Å². The summed E-state index contributed by atoms with van der Waals surface area (Å²) in [6.07, 6.45) is 4.63. The van der Waals surface area contributed by atoms with Crippen molar-refractivity contribution in [1.29, 1.82) is 0 Å². The fourth-order valence-corrected chi connectivity index (χ4v) is 3.86. The van der Waals surface area contributed by atoms with Crippen LogP contribution in [0.25, 0.3) is 0 Å². The predicted octanol–water partition coefficient (Wildman–Crippen LogP) is 2.25. The lowest BCUT2D eigenvalue weighted by atomic mass is 10.00. The predicted molar refractivity (Wildman–Crippen MR) is 92.9 cm³/mol. The maximum absolute atomic E-state index is 13.0. The zero-order chi connectivity index (χ0) is 16.4. The van der Waals surface area contributed by atoms with Gasteiger partial charge in [-0.15, -0.1) is 5.10 Å². The molecule has 1 unspecified atom stereocenters. The fourth-order valence-electron chi connectivity index (χ4n) is 3.86. The Bertz CT molecular complexity index is 718. The van der Waals surface area contributed by atoms with Crippen LogP contribution < -0.4 is 4.90 Å². The Hall–Kier alpha value is -2.43. The van der Waals surface area contributed by atoms with Gasteiger partial charge in [0.1, 0.15) is 0 Å². The molecule has 1 atom stereocenters. The van der Waals surface area contributed by atoms with Gasteiger partial charge in [-0.2, -0.15) is 5.10 Å². The monoisotopic (exact) mass is 322 g/mol. The molecule has 0 saturated carbocycles. The molecule has 124 valence electrons. The largest absolute Gasteiger partial charge is 0.353 e. The normalized spacial score (nSPS) is 20.6. The molecule has 2 aromatic rings. The Balaban J connectivity index is 1.45. The number of fused-ring (bicyclic) bond motifs is 1. The quantitative estimate of drug-likeness (QED) is 0.851. The lowest BCUT2D eigenvalue weighted by Gasteiger charge is -2.25. The van der Waals surface area contributed by atoms with E-state index >= 15 is 0 Å². The van der Waals surface area contributed by atoms with Gasteiger partial charge in [0.2, 0.25) is 5.91 Å². The third-order valence-corrected chi connectivity index (χ3v) is 5.12. The molecule has 1 aromatic heterocycles. The van der Waals surface area contributed by atoms with E-state index in [2.05, 4.69) is 33.3 Å². The summed E-state index contributed by atoms with van der Waals surface area (Å²) < 4.78 is 0. The number of rotatable bonds is 2. The van der Waals surface area contributed by atoms with Gasteiger partial charge in [-0.3, -0.25) is 4.79 Å². The van der Waals surface area contributed by atoms with Crippen LogP contribution in [-0.2, 0) is 11.2 Å². The summed E-state index contributed by atoms with van der Waals surface area (Å²) in [5.74, 6) is 1.24. The third kappa shape index (κ3) is 2.86. The second kappa shape index (κ2) is 6.59. The van der Waals surface area contributed by atoms with Gasteiger partial charge in [-0.25, -0.2) is 0 Å². The van der Waals surface area contributed by atoms with Gasteiger partial charge in [0.05, 0.1) is 5.92 Å². The SMILES string of the molecule is O=C(C1CCc2ccccc21)N1CCCN(c2cccnn2)CC1. The summed E-state index contributed by atoms with van der Waals surface area (Å²) >= 11 is 0. The summed E-state index contributed by atoms with van der Waals surface area (Å²) in [5, 5.41) is 8.15. The van der Waals surface area contributed by atoms with Crippen molar-refractivity contribution in [2.24, 2.45) is 0 Å². The molecule has 0 N–H and O–H groups in total. The molecule has 1 aromatic carbocycles. The highest BCUT2D eigenvalue weighted by molar-refractivity contribution is 5.85. The molecule has 1 aliphatic heterocycles. The standard InChI is InChI=1S/C19H22N4O/c24-19(17-9-8-15-5-1-2-6-16(15)17)23-12-4-11-22(13-14-23)18-7-3-10-20-21-18/h1-3,5-7,10,17H,4,8-9,11-14H2. The van der Waals surface area contributed by atoms with Crippen molar-refractivity contribution in [3.63, 3.8) is 0 Å². The molecule has 4 rings (SSSR count). The van der Waals surface area contributed by atoms with Crippen molar-refractivity contribution in [3.8, 4) is 0 Å². The maximum Gasteiger partial charge on any atom is 0.230 e. The van der Waals surface area contributed by atoms with Crippen molar-refractivity contribution < 1.29 is 4.79 Å². The van der Waals surface area contributed by atoms with Gasteiger partial charge in [0, 0.05) is 32.4 Å². The van der Waals surface area contributed by atoms with Crippen LogP contribution in [0, 0.1) is 0 Å². The average Bonchev–Trinajstić information content (AvgIpc) is 2.91. The number of nitrogens with zero attached hydrogens (tertiary/aromatic N) is 4. The van der Waals surface area contributed by atoms with Crippen LogP contribution in [0.15, 0.2) is 42.6 Å². The van der Waals surface area contributed by atoms with Crippen LogP contribution in [0.4, 0.5) is 5.82 Å². The molecular formula is C19H22N4O. The van der Waals surface area contributed by atoms with Crippen molar-refractivity contribution in [1.82, 2.24) is 15.1 Å². The van der Waals surface area contributed by atoms with E-state index in [1.807, 2.05) is 23.1 Å². The van der Waals surface area contributed by atoms with Crippen LogP contribution in [0.2, 0.25) is 0 Å². The molecule has 24 heavy (non-hydrogen) atoms. The highest BCUT2D eigenvalue weighted by Gasteiger charge is 2.32. The van der Waals surface area contributed by atoms with Crippen LogP contribution >= 0.6 is 0 Å². The van der Waals surface area contributed by atoms with Gasteiger partial charge >= 0.3 is 0 Å². The highest BCUT2D eigenvalue weighted by atomic mass is 16.2. The zero-order valence-electron chi connectivity index (χ0n) is 13.8. The molecule has 5 heteroatoms. The van der Waals surface area contributed by atoms with E-state index in [0.717, 1.165) is 51.3 Å². The number of hydrogen-bond donors (Lipinski definition) is 0. The van der Waals surface area contributed by atoms with Crippen LogP contribution in [0.5, 0.6) is 0 Å². The molecule has 1 aliphatic carbocycles. The molecule has 0 radical (unpaired) electrons. The Labute approximate surface area is 142 Å². The van der Waals surface area contributed by atoms with Crippen molar-refractivity contribution in [2.75, 3.05) is 31.1 Å². The third-order valence-electron chi connectivity index (χ3n) is 5.12. The van der Waals surface area contributed by atoms with Crippen molar-refractivity contribution in [3.05, 3.63) is 53.7 Å². The van der Waals surface area contributed by atoms with Crippen LogP contribution in [0.3, 0.4) is 0 Å². The van der Waals surface area contributed by atoms with Gasteiger partial charge < -0.3 is 9.80 Å². The minimum Gasteiger partial charge on any atom is -0.353 e. The lowest BCUT2D eigenvalue weighted by Crippen LogP contribution is -2.38. The van der Waals surface area contributed by atoms with E-state index in [0.29, 0.717) is 5.91 Å². The molecule has 2 aliphatic rings. The molecule has 2 heterocycles. The summed E-state index contributed by atoms with van der Waals surface area (Å²) in [7, 11) is 0. The minimum absolute atomic E-state index is 0.0456. The number of anilines is 1. The van der Waals surface area contributed by atoms with E-state index in [1.54, 1.807) is 6.20 Å². The summed E-state index contributed by atoms with van der Waals surface area (Å²) in [6, 6.07) is 12.3. The van der Waals surface area contributed by atoms with Gasteiger partial charge in [0.25, 0.3) is 0 Å². The van der Waals surface area contributed by atoms with Crippen molar-refractivity contribution in [2.45, 2.75) is 25.2 Å².